The first kappa shape index (κ1) is 15.7. The van der Waals surface area contributed by atoms with E-state index >= 15 is 0 Å². The zero-order chi connectivity index (χ0) is 12.5. The lowest BCUT2D eigenvalue weighted by Crippen LogP contribution is -2.54. The summed E-state index contributed by atoms with van der Waals surface area (Å²) in [6.07, 6.45) is 4.47. The first-order valence-corrected chi connectivity index (χ1v) is 6.72. The molecule has 2 N–H and O–H groups in total. The normalized spacial score (nSPS) is 30.9. The van der Waals surface area contributed by atoms with E-state index in [0.717, 1.165) is 25.7 Å². The number of amides is 1. The third-order valence-electron chi connectivity index (χ3n) is 4.11. The Kier molecular flexibility index (Phi) is 5.44. The van der Waals surface area contributed by atoms with E-state index in [1.54, 1.807) is 0 Å². The molecule has 1 amide bonds. The number of morpholine rings is 1. The molecule has 2 atom stereocenters. The van der Waals surface area contributed by atoms with Crippen molar-refractivity contribution in [2.75, 3.05) is 19.6 Å². The van der Waals surface area contributed by atoms with Gasteiger partial charge >= 0.3 is 0 Å². The fourth-order valence-electron chi connectivity index (χ4n) is 3.24. The van der Waals surface area contributed by atoms with Gasteiger partial charge in [-0.25, -0.2) is 0 Å². The molecule has 0 aromatic carbocycles. The van der Waals surface area contributed by atoms with Crippen molar-refractivity contribution in [1.29, 1.82) is 0 Å². The highest BCUT2D eigenvalue weighted by Crippen LogP contribution is 2.39. The van der Waals surface area contributed by atoms with Crippen LogP contribution in [-0.2, 0) is 9.53 Å². The van der Waals surface area contributed by atoms with Crippen LogP contribution in [-0.4, -0.2) is 42.6 Å². The Hall–Kier alpha value is -0.320. The smallest absolute Gasteiger partial charge is 0.230 e. The maximum absolute atomic E-state index is 12.6. The standard InChI is InChI=1S/C13H24N2O2.ClH/c1-10-7-15(8-11(2)17-10)12(16)13(9-14)5-3-4-6-13;/h10-11H,3-9,14H2,1-2H3;1H/t10-,11+;. The number of hydrogen-bond donors (Lipinski definition) is 1. The molecule has 0 bridgehead atoms. The number of carbonyl (C=O) groups is 1. The lowest BCUT2D eigenvalue weighted by Gasteiger charge is -2.40. The number of rotatable bonds is 2. The molecule has 2 fully saturated rings. The van der Waals surface area contributed by atoms with Crippen molar-refractivity contribution in [1.82, 2.24) is 4.90 Å². The van der Waals surface area contributed by atoms with Crippen LogP contribution in [0.5, 0.6) is 0 Å². The Morgan fingerprint density at radius 1 is 1.28 bits per heavy atom. The minimum Gasteiger partial charge on any atom is -0.372 e. The summed E-state index contributed by atoms with van der Waals surface area (Å²) in [5.74, 6) is 0.263. The summed E-state index contributed by atoms with van der Waals surface area (Å²) in [5.41, 5.74) is 5.60. The minimum atomic E-state index is -0.267. The van der Waals surface area contributed by atoms with Crippen LogP contribution in [0.15, 0.2) is 0 Å². The average molecular weight is 277 g/mol. The molecule has 2 aliphatic rings. The Balaban J connectivity index is 0.00000162. The molecule has 1 saturated heterocycles. The molecular formula is C13H25ClN2O2. The second-order valence-corrected chi connectivity index (χ2v) is 5.66. The van der Waals surface area contributed by atoms with Gasteiger partial charge in [0.2, 0.25) is 5.91 Å². The zero-order valence-corrected chi connectivity index (χ0v) is 12.2. The molecule has 0 aromatic heterocycles. The summed E-state index contributed by atoms with van der Waals surface area (Å²) >= 11 is 0. The minimum absolute atomic E-state index is 0. The van der Waals surface area contributed by atoms with E-state index in [1.807, 2.05) is 18.7 Å². The Bertz CT molecular complexity index is 283. The van der Waals surface area contributed by atoms with E-state index < -0.39 is 0 Å². The Morgan fingerprint density at radius 2 is 1.78 bits per heavy atom. The van der Waals surface area contributed by atoms with Gasteiger partial charge in [0, 0.05) is 19.6 Å². The Labute approximate surface area is 116 Å². The fraction of sp³-hybridized carbons (Fsp3) is 0.923. The molecular weight excluding hydrogens is 252 g/mol. The van der Waals surface area contributed by atoms with E-state index in [2.05, 4.69) is 0 Å². The van der Waals surface area contributed by atoms with Crippen LogP contribution in [0.1, 0.15) is 39.5 Å². The highest BCUT2D eigenvalue weighted by atomic mass is 35.5. The van der Waals surface area contributed by atoms with Crippen molar-refractivity contribution in [2.45, 2.75) is 51.7 Å². The second-order valence-electron chi connectivity index (χ2n) is 5.66. The van der Waals surface area contributed by atoms with Crippen LogP contribution in [0, 0.1) is 5.41 Å². The molecule has 4 nitrogen and oxygen atoms in total. The molecule has 0 unspecified atom stereocenters. The van der Waals surface area contributed by atoms with E-state index in [-0.39, 0.29) is 35.9 Å². The van der Waals surface area contributed by atoms with Gasteiger partial charge < -0.3 is 15.4 Å². The molecule has 18 heavy (non-hydrogen) atoms. The van der Waals surface area contributed by atoms with Gasteiger partial charge in [0.05, 0.1) is 17.6 Å². The van der Waals surface area contributed by atoms with Gasteiger partial charge in [0.25, 0.3) is 0 Å². The van der Waals surface area contributed by atoms with Crippen LogP contribution >= 0.6 is 12.4 Å². The quantitative estimate of drug-likeness (QED) is 0.833. The number of ether oxygens (including phenoxy) is 1. The molecule has 1 aliphatic carbocycles. The first-order valence-electron chi connectivity index (χ1n) is 6.72. The number of carbonyl (C=O) groups excluding carboxylic acids is 1. The molecule has 0 spiro atoms. The van der Waals surface area contributed by atoms with Crippen molar-refractivity contribution in [3.63, 3.8) is 0 Å². The van der Waals surface area contributed by atoms with Crippen molar-refractivity contribution in [3.05, 3.63) is 0 Å². The van der Waals surface area contributed by atoms with E-state index in [0.29, 0.717) is 19.6 Å². The topological polar surface area (TPSA) is 55.6 Å². The SMILES string of the molecule is C[C@@H]1CN(C(=O)C2(CN)CCCC2)C[C@H](C)O1.Cl. The molecule has 1 heterocycles. The summed E-state index contributed by atoms with van der Waals surface area (Å²) in [7, 11) is 0. The lowest BCUT2D eigenvalue weighted by molar-refractivity contribution is -0.153. The highest BCUT2D eigenvalue weighted by molar-refractivity contribution is 5.85. The van der Waals surface area contributed by atoms with Gasteiger partial charge in [-0.15, -0.1) is 12.4 Å². The molecule has 0 radical (unpaired) electrons. The predicted molar refractivity (Wildman–Crippen MR) is 73.8 cm³/mol. The molecule has 1 saturated carbocycles. The monoisotopic (exact) mass is 276 g/mol. The maximum Gasteiger partial charge on any atom is 0.230 e. The summed E-state index contributed by atoms with van der Waals surface area (Å²) in [6.45, 7) is 5.97. The summed E-state index contributed by atoms with van der Waals surface area (Å²) in [4.78, 5) is 14.6. The maximum atomic E-state index is 12.6. The van der Waals surface area contributed by atoms with Gasteiger partial charge in [-0.05, 0) is 26.7 Å². The summed E-state index contributed by atoms with van der Waals surface area (Å²) in [5, 5.41) is 0. The summed E-state index contributed by atoms with van der Waals surface area (Å²) < 4.78 is 5.67. The fourth-order valence-corrected chi connectivity index (χ4v) is 3.24. The van der Waals surface area contributed by atoms with Crippen LogP contribution in [0.3, 0.4) is 0 Å². The highest BCUT2D eigenvalue weighted by Gasteiger charge is 2.43. The van der Waals surface area contributed by atoms with Gasteiger partial charge in [0.1, 0.15) is 0 Å². The first-order chi connectivity index (χ1) is 8.07. The average Bonchev–Trinajstić information content (AvgIpc) is 2.76. The van der Waals surface area contributed by atoms with Gasteiger partial charge in [-0.1, -0.05) is 12.8 Å². The number of nitrogens with two attached hydrogens (primary N) is 1. The number of nitrogens with zero attached hydrogens (tertiary/aromatic N) is 1. The molecule has 5 heteroatoms. The lowest BCUT2D eigenvalue weighted by atomic mass is 9.84. The zero-order valence-electron chi connectivity index (χ0n) is 11.4. The van der Waals surface area contributed by atoms with E-state index in [1.165, 1.54) is 0 Å². The van der Waals surface area contributed by atoms with E-state index in [4.69, 9.17) is 10.5 Å². The van der Waals surface area contributed by atoms with Crippen LogP contribution in [0.2, 0.25) is 0 Å². The van der Waals surface area contributed by atoms with Crippen molar-refractivity contribution in [3.8, 4) is 0 Å². The second kappa shape index (κ2) is 6.22. The molecule has 0 aromatic rings. The van der Waals surface area contributed by atoms with Crippen LogP contribution in [0.4, 0.5) is 0 Å². The van der Waals surface area contributed by atoms with Crippen molar-refractivity contribution < 1.29 is 9.53 Å². The van der Waals surface area contributed by atoms with Crippen LogP contribution in [0.25, 0.3) is 0 Å². The van der Waals surface area contributed by atoms with Gasteiger partial charge in [-0.2, -0.15) is 0 Å². The molecule has 1 aliphatic heterocycles. The number of hydrogen-bond acceptors (Lipinski definition) is 3. The summed E-state index contributed by atoms with van der Waals surface area (Å²) in [6, 6.07) is 0. The largest absolute Gasteiger partial charge is 0.372 e. The number of halogens is 1. The van der Waals surface area contributed by atoms with Crippen molar-refractivity contribution in [2.24, 2.45) is 11.1 Å². The third-order valence-corrected chi connectivity index (χ3v) is 4.11. The van der Waals surface area contributed by atoms with E-state index in [9.17, 15) is 4.79 Å². The Morgan fingerprint density at radius 3 is 2.22 bits per heavy atom. The molecule has 106 valence electrons. The predicted octanol–water partition coefficient (Wildman–Crippen LogP) is 1.56. The van der Waals surface area contributed by atoms with Crippen LogP contribution < -0.4 is 5.73 Å². The van der Waals surface area contributed by atoms with Gasteiger partial charge in [-0.3, -0.25) is 4.79 Å². The van der Waals surface area contributed by atoms with Crippen molar-refractivity contribution >= 4 is 18.3 Å². The van der Waals surface area contributed by atoms with Gasteiger partial charge in [0.15, 0.2) is 0 Å². The molecule has 2 rings (SSSR count). The third kappa shape index (κ3) is 2.98.